The summed E-state index contributed by atoms with van der Waals surface area (Å²) < 4.78 is 4.85. The Bertz CT molecular complexity index is 615. The molecule has 2 aromatic rings. The summed E-state index contributed by atoms with van der Waals surface area (Å²) in [6.07, 6.45) is 3.10. The van der Waals surface area contributed by atoms with Crippen molar-refractivity contribution in [2.45, 2.75) is 12.8 Å². The van der Waals surface area contributed by atoms with Crippen molar-refractivity contribution in [1.29, 1.82) is 5.26 Å². The predicted molar refractivity (Wildman–Crippen MR) is 62.3 cm³/mol. The molecule has 2 aromatic heterocycles. The molecule has 0 spiro atoms. The number of carbonyl (C=O) groups excluding carboxylic acids is 1. The van der Waals surface area contributed by atoms with Crippen LogP contribution in [0.4, 0.5) is 0 Å². The van der Waals surface area contributed by atoms with Crippen LogP contribution in [-0.2, 0) is 9.53 Å². The number of carbonyl (C=O) groups is 1. The van der Waals surface area contributed by atoms with Crippen LogP contribution >= 0.6 is 0 Å². The van der Waals surface area contributed by atoms with Gasteiger partial charge in [0.15, 0.2) is 5.92 Å². The fourth-order valence-electron chi connectivity index (χ4n) is 1.60. The maximum atomic E-state index is 11.7. The summed E-state index contributed by atoms with van der Waals surface area (Å²) in [5, 5.41) is 17.3. The molecule has 0 radical (unpaired) electrons. The zero-order valence-corrected chi connectivity index (χ0v) is 9.70. The Morgan fingerprint density at radius 2 is 2.44 bits per heavy atom. The van der Waals surface area contributed by atoms with E-state index in [0.29, 0.717) is 10.9 Å². The Hall–Kier alpha value is -2.55. The maximum absolute atomic E-state index is 11.7. The molecule has 0 saturated carbocycles. The number of aromatic nitrogens is 3. The van der Waals surface area contributed by atoms with Crippen LogP contribution in [0.3, 0.4) is 0 Å². The number of nitrogens with zero attached hydrogens (tertiary/aromatic N) is 4. The second-order valence-corrected chi connectivity index (χ2v) is 3.48. The zero-order chi connectivity index (χ0) is 13.0. The van der Waals surface area contributed by atoms with E-state index in [1.54, 1.807) is 25.3 Å². The second kappa shape index (κ2) is 5.19. The highest BCUT2D eigenvalue weighted by Gasteiger charge is 2.25. The Morgan fingerprint density at radius 3 is 3.17 bits per heavy atom. The van der Waals surface area contributed by atoms with E-state index in [-0.39, 0.29) is 12.3 Å². The first kappa shape index (κ1) is 11.9. The molecular formula is C12H10N4O2. The molecule has 0 fully saturated rings. The minimum absolute atomic E-state index is 0.216. The van der Waals surface area contributed by atoms with Crippen LogP contribution in [0, 0.1) is 11.3 Å². The van der Waals surface area contributed by atoms with E-state index in [1.807, 2.05) is 6.07 Å². The highest BCUT2D eigenvalue weighted by Crippen LogP contribution is 2.22. The van der Waals surface area contributed by atoms with Gasteiger partial charge in [-0.2, -0.15) is 15.5 Å². The van der Waals surface area contributed by atoms with Gasteiger partial charge in [-0.1, -0.05) is 0 Å². The summed E-state index contributed by atoms with van der Waals surface area (Å²) in [5.74, 6) is -1.70. The fourth-order valence-corrected chi connectivity index (χ4v) is 1.60. The highest BCUT2D eigenvalue weighted by molar-refractivity contribution is 5.89. The number of fused-ring (bicyclic) bond motifs is 1. The van der Waals surface area contributed by atoms with Gasteiger partial charge in [0, 0.05) is 11.6 Å². The van der Waals surface area contributed by atoms with Gasteiger partial charge in [0.1, 0.15) is 5.69 Å². The predicted octanol–water partition coefficient (Wildman–Crippen LogP) is 1.20. The average molecular weight is 242 g/mol. The summed E-state index contributed by atoms with van der Waals surface area (Å²) >= 11 is 0. The molecule has 90 valence electrons. The quantitative estimate of drug-likeness (QED) is 0.751. The van der Waals surface area contributed by atoms with Crippen molar-refractivity contribution in [3.63, 3.8) is 0 Å². The second-order valence-electron chi connectivity index (χ2n) is 3.48. The van der Waals surface area contributed by atoms with Crippen LogP contribution in [-0.4, -0.2) is 27.8 Å². The van der Waals surface area contributed by atoms with E-state index >= 15 is 0 Å². The standard InChI is InChI=1S/C12H10N4O2/c1-2-18-12(17)9(6-13)11-8-4-3-5-14-10(8)7-15-16-11/h3-5,7,9H,2H2,1H3. The van der Waals surface area contributed by atoms with Crippen molar-refractivity contribution < 1.29 is 9.53 Å². The van der Waals surface area contributed by atoms with Gasteiger partial charge >= 0.3 is 5.97 Å². The first-order valence-electron chi connectivity index (χ1n) is 5.40. The van der Waals surface area contributed by atoms with Crippen molar-refractivity contribution in [3.05, 3.63) is 30.2 Å². The van der Waals surface area contributed by atoms with Crippen LogP contribution in [0.1, 0.15) is 18.5 Å². The van der Waals surface area contributed by atoms with Crippen molar-refractivity contribution in [2.75, 3.05) is 6.61 Å². The Kier molecular flexibility index (Phi) is 3.44. The minimum Gasteiger partial charge on any atom is -0.465 e. The number of rotatable bonds is 3. The van der Waals surface area contributed by atoms with Crippen molar-refractivity contribution in [1.82, 2.24) is 15.2 Å². The number of ether oxygens (including phenoxy) is 1. The van der Waals surface area contributed by atoms with E-state index in [4.69, 9.17) is 10.00 Å². The third-order valence-electron chi connectivity index (χ3n) is 2.38. The molecule has 2 rings (SSSR count). The molecule has 0 aliphatic heterocycles. The van der Waals surface area contributed by atoms with Gasteiger partial charge < -0.3 is 4.74 Å². The average Bonchev–Trinajstić information content (AvgIpc) is 2.40. The first-order chi connectivity index (χ1) is 8.77. The molecule has 2 heterocycles. The molecule has 1 atom stereocenters. The van der Waals surface area contributed by atoms with Gasteiger partial charge in [-0.3, -0.25) is 9.78 Å². The van der Waals surface area contributed by atoms with Gasteiger partial charge in [-0.05, 0) is 19.1 Å². The third-order valence-corrected chi connectivity index (χ3v) is 2.38. The third kappa shape index (κ3) is 2.11. The Labute approximate surface area is 103 Å². The lowest BCUT2D eigenvalue weighted by Crippen LogP contribution is -2.16. The van der Waals surface area contributed by atoms with E-state index in [9.17, 15) is 4.79 Å². The van der Waals surface area contributed by atoms with Gasteiger partial charge in [0.05, 0.1) is 24.4 Å². The number of hydrogen-bond acceptors (Lipinski definition) is 6. The van der Waals surface area contributed by atoms with E-state index in [1.165, 1.54) is 6.20 Å². The lowest BCUT2D eigenvalue weighted by atomic mass is 10.0. The topological polar surface area (TPSA) is 88.8 Å². The summed E-state index contributed by atoms with van der Waals surface area (Å²) in [4.78, 5) is 15.8. The summed E-state index contributed by atoms with van der Waals surface area (Å²) in [6.45, 7) is 1.90. The highest BCUT2D eigenvalue weighted by atomic mass is 16.5. The zero-order valence-electron chi connectivity index (χ0n) is 9.70. The van der Waals surface area contributed by atoms with Crippen molar-refractivity contribution in [2.24, 2.45) is 0 Å². The Morgan fingerprint density at radius 1 is 1.61 bits per heavy atom. The first-order valence-corrected chi connectivity index (χ1v) is 5.40. The monoisotopic (exact) mass is 242 g/mol. The molecule has 18 heavy (non-hydrogen) atoms. The van der Waals surface area contributed by atoms with Crippen LogP contribution in [0.2, 0.25) is 0 Å². The van der Waals surface area contributed by atoms with Gasteiger partial charge in [-0.25, -0.2) is 0 Å². The van der Waals surface area contributed by atoms with Gasteiger partial charge in [0.2, 0.25) is 0 Å². The van der Waals surface area contributed by atoms with Crippen LogP contribution in [0.15, 0.2) is 24.5 Å². The molecule has 6 nitrogen and oxygen atoms in total. The molecule has 0 saturated heterocycles. The van der Waals surface area contributed by atoms with Crippen LogP contribution < -0.4 is 0 Å². The molecule has 6 heteroatoms. The van der Waals surface area contributed by atoms with E-state index in [0.717, 1.165) is 0 Å². The van der Waals surface area contributed by atoms with Crippen LogP contribution in [0.25, 0.3) is 10.9 Å². The SMILES string of the molecule is CCOC(=O)C(C#N)c1nncc2ncccc12. The number of hydrogen-bond donors (Lipinski definition) is 0. The van der Waals surface area contributed by atoms with Crippen LogP contribution in [0.5, 0.6) is 0 Å². The molecule has 0 aromatic carbocycles. The van der Waals surface area contributed by atoms with E-state index < -0.39 is 11.9 Å². The summed E-state index contributed by atoms with van der Waals surface area (Å²) in [5.41, 5.74) is 0.869. The molecule has 0 bridgehead atoms. The molecule has 0 N–H and O–H groups in total. The normalized spacial score (nSPS) is 11.8. The smallest absolute Gasteiger partial charge is 0.329 e. The van der Waals surface area contributed by atoms with Gasteiger partial charge in [0.25, 0.3) is 0 Å². The molecular weight excluding hydrogens is 232 g/mol. The minimum atomic E-state index is -1.08. The number of nitriles is 1. The maximum Gasteiger partial charge on any atom is 0.329 e. The molecule has 0 aliphatic rings. The van der Waals surface area contributed by atoms with E-state index in [2.05, 4.69) is 15.2 Å². The fraction of sp³-hybridized carbons (Fsp3) is 0.250. The number of esters is 1. The Balaban J connectivity index is 2.52. The summed E-state index contributed by atoms with van der Waals surface area (Å²) in [7, 11) is 0. The largest absolute Gasteiger partial charge is 0.465 e. The molecule has 1 unspecified atom stereocenters. The summed E-state index contributed by atoms with van der Waals surface area (Å²) in [6, 6.07) is 5.35. The van der Waals surface area contributed by atoms with Crippen molar-refractivity contribution in [3.8, 4) is 6.07 Å². The number of pyridine rings is 1. The lowest BCUT2D eigenvalue weighted by Gasteiger charge is -2.08. The molecule has 0 amide bonds. The van der Waals surface area contributed by atoms with Crippen molar-refractivity contribution >= 4 is 16.9 Å². The molecule has 0 aliphatic carbocycles. The lowest BCUT2D eigenvalue weighted by molar-refractivity contribution is -0.143. The van der Waals surface area contributed by atoms with Gasteiger partial charge in [-0.15, -0.1) is 0 Å².